The van der Waals surface area contributed by atoms with Crippen molar-refractivity contribution in [3.8, 4) is 0 Å². The molecule has 0 bridgehead atoms. The lowest BCUT2D eigenvalue weighted by Gasteiger charge is -2.09. The van der Waals surface area contributed by atoms with Crippen molar-refractivity contribution in [3.05, 3.63) is 20.9 Å². The fourth-order valence-corrected chi connectivity index (χ4v) is 3.08. The topological polar surface area (TPSA) is 252 Å². The van der Waals surface area contributed by atoms with Crippen LogP contribution in [0.5, 0.6) is 0 Å². The Morgan fingerprint density at radius 2 is 0.795 bits per heavy atom. The number of nitrogens with one attached hydrogen (secondary N) is 4. The number of hydrogen-bond acceptors (Lipinski definition) is 11. The molecule has 0 heterocycles. The number of urea groups is 2. The van der Waals surface area contributed by atoms with Gasteiger partial charge in [-0.25, -0.2) is 9.59 Å². The number of nitrogens with zero attached hydrogens (tertiary/aromatic N) is 6. The quantitative estimate of drug-likeness (QED) is 0.0362. The Hall–Kier alpha value is -3.41. The summed E-state index contributed by atoms with van der Waals surface area (Å²) >= 11 is 0. The third-order valence-corrected chi connectivity index (χ3v) is 5.19. The zero-order chi connectivity index (χ0) is 32.2. The van der Waals surface area contributed by atoms with Gasteiger partial charge in [0, 0.05) is 61.9 Å². The minimum absolute atomic E-state index is 0.0695. The van der Waals surface area contributed by atoms with Crippen LogP contribution < -0.4 is 21.3 Å². The highest BCUT2D eigenvalue weighted by molar-refractivity contribution is 5.78. The predicted octanol–water partition coefficient (Wildman–Crippen LogP) is 1.43. The number of rotatable bonds is 32. The summed E-state index contributed by atoms with van der Waals surface area (Å²) in [7, 11) is 0. The Bertz CT molecular complexity index is 764. The van der Waals surface area contributed by atoms with Crippen molar-refractivity contribution in [1.82, 2.24) is 21.3 Å². The fraction of sp³-hybridized carbons (Fsp3) is 0.880. The maximum atomic E-state index is 12.0. The lowest BCUT2D eigenvalue weighted by Crippen LogP contribution is -2.38. The first kappa shape index (κ1) is 40.6. The van der Waals surface area contributed by atoms with E-state index in [0.29, 0.717) is 144 Å². The van der Waals surface area contributed by atoms with Crippen LogP contribution in [0.15, 0.2) is 10.2 Å². The lowest BCUT2D eigenvalue weighted by atomic mass is 10.1. The van der Waals surface area contributed by atoms with Crippen molar-refractivity contribution >= 4 is 17.8 Å². The monoisotopic (exact) mass is 632 g/mol. The lowest BCUT2D eigenvalue weighted by molar-refractivity contribution is -0.119. The van der Waals surface area contributed by atoms with Gasteiger partial charge in [0.1, 0.15) is 5.78 Å². The minimum Gasteiger partial charge on any atom is -0.379 e. The van der Waals surface area contributed by atoms with Gasteiger partial charge < -0.3 is 49.7 Å². The highest BCUT2D eigenvalue weighted by Gasteiger charge is 2.05. The molecule has 0 spiro atoms. The molecule has 19 nitrogen and oxygen atoms in total. The van der Waals surface area contributed by atoms with Gasteiger partial charge in [0.05, 0.1) is 79.3 Å². The molecular weight excluding hydrogens is 584 g/mol. The molecule has 0 aliphatic heterocycles. The van der Waals surface area contributed by atoms with E-state index in [1.165, 1.54) is 0 Å². The number of ether oxygens (including phenoxy) is 6. The molecule has 0 aromatic carbocycles. The Labute approximate surface area is 257 Å². The maximum Gasteiger partial charge on any atom is 0.314 e. The van der Waals surface area contributed by atoms with Gasteiger partial charge in [0.25, 0.3) is 0 Å². The van der Waals surface area contributed by atoms with Crippen LogP contribution in [-0.2, 0) is 33.2 Å². The van der Waals surface area contributed by atoms with E-state index >= 15 is 0 Å². The molecule has 4 N–H and O–H groups in total. The highest BCUT2D eigenvalue weighted by Crippen LogP contribution is 1.97. The van der Waals surface area contributed by atoms with E-state index in [2.05, 4.69) is 41.3 Å². The number of Topliss-reactive ketones (excluding diaryl/α,β-unsaturated/α-hetero) is 1. The van der Waals surface area contributed by atoms with E-state index in [1.807, 2.05) is 0 Å². The molecule has 0 radical (unpaired) electrons. The van der Waals surface area contributed by atoms with E-state index < -0.39 is 0 Å². The molecule has 4 amide bonds. The zero-order valence-electron chi connectivity index (χ0n) is 25.4. The minimum atomic E-state index is -0.328. The van der Waals surface area contributed by atoms with Gasteiger partial charge in [-0.2, -0.15) is 0 Å². The van der Waals surface area contributed by atoms with Crippen LogP contribution in [-0.4, -0.2) is 136 Å². The van der Waals surface area contributed by atoms with Crippen LogP contribution >= 0.6 is 0 Å². The molecule has 19 heteroatoms. The molecule has 0 atom stereocenters. The Balaban J connectivity index is 3.39. The van der Waals surface area contributed by atoms with Crippen molar-refractivity contribution < 1.29 is 42.8 Å². The van der Waals surface area contributed by atoms with Gasteiger partial charge in [-0.1, -0.05) is 10.2 Å². The molecule has 0 unspecified atom stereocenters. The molecule has 0 saturated carbocycles. The van der Waals surface area contributed by atoms with Crippen molar-refractivity contribution in [2.45, 2.75) is 25.7 Å². The molecule has 0 aromatic rings. The summed E-state index contributed by atoms with van der Waals surface area (Å²) in [4.78, 5) is 40.8. The van der Waals surface area contributed by atoms with Crippen molar-refractivity contribution in [3.63, 3.8) is 0 Å². The third-order valence-electron chi connectivity index (χ3n) is 5.19. The molecule has 0 aromatic heterocycles. The second kappa shape index (κ2) is 34.1. The first-order valence-corrected chi connectivity index (χ1v) is 14.6. The standard InChI is InChI=1S/C25H48N10O9/c26-34-32-9-13-41-17-21-43-19-15-39-11-7-30-24(37)28-5-1-3-23(36)4-2-6-29-25(38)31-8-12-40-16-20-44-22-18-42-14-10-33-35-27/h1-22H2,(H2,28,30,37)(H2,29,31,38). The van der Waals surface area contributed by atoms with Crippen LogP contribution in [0.4, 0.5) is 9.59 Å². The number of amides is 4. The van der Waals surface area contributed by atoms with E-state index in [9.17, 15) is 14.4 Å². The van der Waals surface area contributed by atoms with Gasteiger partial charge in [-0.05, 0) is 23.9 Å². The zero-order valence-corrected chi connectivity index (χ0v) is 25.4. The maximum absolute atomic E-state index is 12.0. The van der Waals surface area contributed by atoms with Crippen LogP contribution in [0.1, 0.15) is 25.7 Å². The third kappa shape index (κ3) is 33.1. The first-order chi connectivity index (χ1) is 21.6. The smallest absolute Gasteiger partial charge is 0.314 e. The predicted molar refractivity (Wildman–Crippen MR) is 159 cm³/mol. The largest absolute Gasteiger partial charge is 0.379 e. The number of carbonyl (C=O) groups is 3. The average molecular weight is 633 g/mol. The fourth-order valence-electron chi connectivity index (χ4n) is 3.08. The second-order valence-electron chi connectivity index (χ2n) is 8.69. The second-order valence-corrected chi connectivity index (χ2v) is 8.69. The molecule has 0 aliphatic carbocycles. The Kier molecular flexibility index (Phi) is 31.4. The summed E-state index contributed by atoms with van der Waals surface area (Å²) in [6.07, 6.45) is 1.75. The van der Waals surface area contributed by atoms with E-state index in [1.54, 1.807) is 0 Å². The van der Waals surface area contributed by atoms with Gasteiger partial charge >= 0.3 is 12.1 Å². The Morgan fingerprint density at radius 1 is 0.477 bits per heavy atom. The van der Waals surface area contributed by atoms with Crippen molar-refractivity contribution in [1.29, 1.82) is 0 Å². The number of azide groups is 2. The summed E-state index contributed by atoms with van der Waals surface area (Å²) in [5, 5.41) is 17.4. The highest BCUT2D eigenvalue weighted by atomic mass is 16.5. The molecular formula is C25H48N10O9. The molecule has 0 saturated heterocycles. The van der Waals surface area contributed by atoms with Gasteiger partial charge in [0.2, 0.25) is 0 Å². The van der Waals surface area contributed by atoms with Crippen molar-refractivity contribution in [2.75, 3.05) is 119 Å². The number of hydrogen-bond donors (Lipinski definition) is 4. The normalized spacial score (nSPS) is 10.4. The SMILES string of the molecule is [N-]=[N+]=NCCOCCOCCOCCNC(=O)NCCCC(=O)CCCNC(=O)NCCOCCOCCOCCN=[N+]=[N-]. The van der Waals surface area contributed by atoms with Gasteiger partial charge in [-0.15, -0.1) is 0 Å². The van der Waals surface area contributed by atoms with Gasteiger partial charge in [-0.3, -0.25) is 4.79 Å². The summed E-state index contributed by atoms with van der Waals surface area (Å²) < 4.78 is 31.7. The molecule has 0 rings (SSSR count). The number of ketones is 1. The molecule has 0 fully saturated rings. The molecule has 44 heavy (non-hydrogen) atoms. The first-order valence-electron chi connectivity index (χ1n) is 14.6. The molecule has 252 valence electrons. The van der Waals surface area contributed by atoms with Crippen LogP contribution in [0.25, 0.3) is 20.9 Å². The summed E-state index contributed by atoms with van der Waals surface area (Å²) in [6, 6.07) is -0.656. The van der Waals surface area contributed by atoms with Gasteiger partial charge in [0.15, 0.2) is 0 Å². The van der Waals surface area contributed by atoms with Crippen LogP contribution in [0.2, 0.25) is 0 Å². The Morgan fingerprint density at radius 3 is 1.16 bits per heavy atom. The van der Waals surface area contributed by atoms with Crippen LogP contribution in [0, 0.1) is 0 Å². The number of carbonyl (C=O) groups excluding carboxylic acids is 3. The van der Waals surface area contributed by atoms with E-state index in [4.69, 9.17) is 39.5 Å². The van der Waals surface area contributed by atoms with Crippen molar-refractivity contribution in [2.24, 2.45) is 10.2 Å². The average Bonchev–Trinajstić information content (AvgIpc) is 3.02. The van der Waals surface area contributed by atoms with E-state index in [0.717, 1.165) is 0 Å². The summed E-state index contributed by atoms with van der Waals surface area (Å²) in [5.41, 5.74) is 16.3. The molecule has 0 aliphatic rings. The summed E-state index contributed by atoms with van der Waals surface area (Å²) in [6.45, 7) is 6.63. The van der Waals surface area contributed by atoms with E-state index in [-0.39, 0.29) is 17.8 Å². The van der Waals surface area contributed by atoms with Crippen LogP contribution in [0.3, 0.4) is 0 Å². The summed E-state index contributed by atoms with van der Waals surface area (Å²) in [5.74, 6) is 0.0695.